The largest absolute Gasteiger partial charge is 0.394 e. The van der Waals surface area contributed by atoms with E-state index in [1.165, 1.54) is 10.7 Å². The Morgan fingerprint density at radius 3 is 3.00 bits per heavy atom. The first-order chi connectivity index (χ1) is 9.78. The van der Waals surface area contributed by atoms with Gasteiger partial charge < -0.3 is 14.7 Å². The molecule has 0 unspecified atom stereocenters. The van der Waals surface area contributed by atoms with Crippen molar-refractivity contribution in [1.82, 2.24) is 19.6 Å². The van der Waals surface area contributed by atoms with Crippen LogP contribution in [0.2, 0.25) is 0 Å². The van der Waals surface area contributed by atoms with Gasteiger partial charge in [-0.2, -0.15) is 5.10 Å². The van der Waals surface area contributed by atoms with Gasteiger partial charge in [0.2, 0.25) is 0 Å². The molecule has 0 aromatic carbocycles. The van der Waals surface area contributed by atoms with E-state index < -0.39 is 0 Å². The highest BCUT2D eigenvalue weighted by molar-refractivity contribution is 5.50. The molecule has 0 saturated carbocycles. The molecule has 0 bridgehead atoms. The van der Waals surface area contributed by atoms with Crippen molar-refractivity contribution < 1.29 is 9.84 Å². The van der Waals surface area contributed by atoms with E-state index in [-0.39, 0.29) is 18.4 Å². The molecule has 2 aromatic heterocycles. The zero-order chi connectivity index (χ0) is 13.9. The van der Waals surface area contributed by atoms with E-state index >= 15 is 0 Å². The quantitative estimate of drug-likeness (QED) is 0.775. The molecule has 20 heavy (non-hydrogen) atoms. The summed E-state index contributed by atoms with van der Waals surface area (Å²) < 4.78 is 6.91. The van der Waals surface area contributed by atoms with Gasteiger partial charge in [0, 0.05) is 19.2 Å². The van der Waals surface area contributed by atoms with Crippen molar-refractivity contribution >= 4 is 11.5 Å². The fourth-order valence-electron chi connectivity index (χ4n) is 2.44. The van der Waals surface area contributed by atoms with Crippen molar-refractivity contribution in [2.45, 2.75) is 18.9 Å². The number of hydrogen-bond donors (Lipinski definition) is 2. The van der Waals surface area contributed by atoms with Crippen LogP contribution in [0.4, 0.5) is 5.82 Å². The summed E-state index contributed by atoms with van der Waals surface area (Å²) in [6.45, 7) is 2.14. The number of fused-ring (bicyclic) bond motifs is 1. The Kier molecular flexibility index (Phi) is 3.66. The maximum Gasteiger partial charge on any atom is 0.348 e. The highest BCUT2D eigenvalue weighted by Gasteiger charge is 2.20. The van der Waals surface area contributed by atoms with Crippen LogP contribution in [-0.2, 0) is 4.74 Å². The topological polar surface area (TPSA) is 95.8 Å². The molecule has 3 rings (SSSR count). The van der Waals surface area contributed by atoms with Crippen molar-refractivity contribution in [3.8, 4) is 0 Å². The minimum atomic E-state index is -0.282. The Labute approximate surface area is 115 Å². The minimum absolute atomic E-state index is 0.0619. The van der Waals surface area contributed by atoms with E-state index in [1.807, 2.05) is 0 Å². The highest BCUT2D eigenvalue weighted by atomic mass is 16.5. The van der Waals surface area contributed by atoms with Crippen LogP contribution in [0, 0.1) is 0 Å². The van der Waals surface area contributed by atoms with Crippen molar-refractivity contribution in [2.24, 2.45) is 0 Å². The number of nitrogens with one attached hydrogen (secondary N) is 1. The molecular weight excluding hydrogens is 262 g/mol. The lowest BCUT2D eigenvalue weighted by molar-refractivity contribution is 0.0158. The maximum atomic E-state index is 11.4. The molecule has 8 nitrogen and oxygen atoms in total. The van der Waals surface area contributed by atoms with Gasteiger partial charge in [0.05, 0.1) is 19.3 Å². The molecule has 3 heterocycles. The van der Waals surface area contributed by atoms with Gasteiger partial charge in [0.25, 0.3) is 0 Å². The number of piperidine rings is 1. The lowest BCUT2D eigenvalue weighted by Gasteiger charge is -2.32. The number of anilines is 1. The Balaban J connectivity index is 1.68. The van der Waals surface area contributed by atoms with Gasteiger partial charge in [-0.25, -0.2) is 19.3 Å². The molecule has 0 radical (unpaired) electrons. The number of rotatable bonds is 4. The Morgan fingerprint density at radius 2 is 2.25 bits per heavy atom. The van der Waals surface area contributed by atoms with Crippen molar-refractivity contribution in [3.63, 3.8) is 0 Å². The van der Waals surface area contributed by atoms with Crippen LogP contribution in [0.1, 0.15) is 12.8 Å². The van der Waals surface area contributed by atoms with Gasteiger partial charge in [-0.1, -0.05) is 0 Å². The van der Waals surface area contributed by atoms with Crippen LogP contribution >= 0.6 is 0 Å². The molecule has 0 amide bonds. The first kappa shape index (κ1) is 13.1. The van der Waals surface area contributed by atoms with Gasteiger partial charge in [-0.15, -0.1) is 0 Å². The van der Waals surface area contributed by atoms with E-state index in [0.717, 1.165) is 31.7 Å². The molecule has 1 fully saturated rings. The summed E-state index contributed by atoms with van der Waals surface area (Å²) in [7, 11) is 0. The number of ether oxygens (including phenoxy) is 1. The molecular formula is C12H17N5O3. The first-order valence-electron chi connectivity index (χ1n) is 6.68. The number of nitrogens with zero attached hydrogens (tertiary/aromatic N) is 4. The number of aromatic nitrogens is 4. The average molecular weight is 279 g/mol. The van der Waals surface area contributed by atoms with E-state index in [4.69, 9.17) is 9.84 Å². The number of H-pyrrole nitrogens is 1. The molecule has 1 aliphatic rings. The Bertz CT molecular complexity index is 629. The fraction of sp³-hybridized carbons (Fsp3) is 0.583. The summed E-state index contributed by atoms with van der Waals surface area (Å²) in [5, 5.41) is 15.1. The predicted molar refractivity (Wildman–Crippen MR) is 71.9 cm³/mol. The second-order valence-electron chi connectivity index (χ2n) is 4.78. The molecule has 2 aromatic rings. The van der Waals surface area contributed by atoms with Crippen LogP contribution in [0.25, 0.3) is 5.65 Å². The molecule has 1 saturated heterocycles. The molecule has 0 spiro atoms. The third-order valence-corrected chi connectivity index (χ3v) is 3.51. The van der Waals surface area contributed by atoms with E-state index in [9.17, 15) is 4.79 Å². The third-order valence-electron chi connectivity index (χ3n) is 3.51. The maximum absolute atomic E-state index is 11.4. The lowest BCUT2D eigenvalue weighted by Crippen LogP contribution is -2.37. The second kappa shape index (κ2) is 5.59. The molecule has 1 aliphatic heterocycles. The summed E-state index contributed by atoms with van der Waals surface area (Å²) in [4.78, 5) is 17.8. The van der Waals surface area contributed by atoms with Crippen LogP contribution in [0.5, 0.6) is 0 Å². The van der Waals surface area contributed by atoms with Crippen molar-refractivity contribution in [2.75, 3.05) is 31.2 Å². The summed E-state index contributed by atoms with van der Waals surface area (Å²) in [6, 6.07) is 1.80. The van der Waals surface area contributed by atoms with Gasteiger partial charge in [0.1, 0.15) is 12.1 Å². The molecule has 108 valence electrons. The van der Waals surface area contributed by atoms with Crippen LogP contribution in [0.3, 0.4) is 0 Å². The number of aromatic amines is 1. The number of hydrogen-bond acceptors (Lipinski definition) is 6. The molecule has 0 atom stereocenters. The molecule has 2 N–H and O–H groups in total. The van der Waals surface area contributed by atoms with Crippen LogP contribution < -0.4 is 10.6 Å². The number of aliphatic hydroxyl groups excluding tert-OH is 1. The van der Waals surface area contributed by atoms with Crippen LogP contribution in [0.15, 0.2) is 17.2 Å². The lowest BCUT2D eigenvalue weighted by atomic mass is 10.1. The van der Waals surface area contributed by atoms with E-state index in [0.29, 0.717) is 12.3 Å². The summed E-state index contributed by atoms with van der Waals surface area (Å²) in [6.07, 6.45) is 3.50. The highest BCUT2D eigenvalue weighted by Crippen LogP contribution is 2.19. The standard InChI is InChI=1S/C12H17N5O3/c18-5-6-20-9-1-3-16(4-2-9)10-7-11-14-15-12(19)17(11)8-13-10/h7-9,18H,1-6H2,(H,15,19). The van der Waals surface area contributed by atoms with Crippen LogP contribution in [-0.4, -0.2) is 57.1 Å². The van der Waals surface area contributed by atoms with Gasteiger partial charge in [-0.3, -0.25) is 0 Å². The minimum Gasteiger partial charge on any atom is -0.394 e. The smallest absolute Gasteiger partial charge is 0.348 e. The number of aliphatic hydroxyl groups is 1. The summed E-state index contributed by atoms with van der Waals surface area (Å²) in [5.41, 5.74) is 0.286. The van der Waals surface area contributed by atoms with Crippen molar-refractivity contribution in [3.05, 3.63) is 22.9 Å². The zero-order valence-electron chi connectivity index (χ0n) is 11.0. The van der Waals surface area contributed by atoms with E-state index in [2.05, 4.69) is 20.1 Å². The molecule has 8 heteroatoms. The predicted octanol–water partition coefficient (Wildman–Crippen LogP) is -0.605. The normalized spacial score (nSPS) is 16.9. The van der Waals surface area contributed by atoms with Crippen molar-refractivity contribution in [1.29, 1.82) is 0 Å². The Morgan fingerprint density at radius 1 is 1.45 bits per heavy atom. The SMILES string of the molecule is O=c1[nH]nc2cc(N3CCC(OCCO)CC3)ncn12. The van der Waals surface area contributed by atoms with Gasteiger partial charge in [-0.05, 0) is 12.8 Å². The van der Waals surface area contributed by atoms with Gasteiger partial charge >= 0.3 is 5.69 Å². The monoisotopic (exact) mass is 279 g/mol. The summed E-state index contributed by atoms with van der Waals surface area (Å²) >= 11 is 0. The zero-order valence-corrected chi connectivity index (χ0v) is 11.0. The molecule has 0 aliphatic carbocycles. The summed E-state index contributed by atoms with van der Waals surface area (Å²) in [5.74, 6) is 0.817. The third kappa shape index (κ3) is 2.52. The first-order valence-corrected chi connectivity index (χ1v) is 6.68. The average Bonchev–Trinajstić information content (AvgIpc) is 2.86. The second-order valence-corrected chi connectivity index (χ2v) is 4.78. The van der Waals surface area contributed by atoms with Gasteiger partial charge in [0.15, 0.2) is 5.65 Å². The fourth-order valence-corrected chi connectivity index (χ4v) is 2.44. The Hall–Kier alpha value is -1.93. The van der Waals surface area contributed by atoms with E-state index in [1.54, 1.807) is 6.07 Å².